The first-order valence-electron chi connectivity index (χ1n) is 7.15. The number of nitrogens with one attached hydrogen (secondary N) is 1. The molecule has 0 saturated carbocycles. The topological polar surface area (TPSA) is 15.3 Å². The zero-order valence-electron chi connectivity index (χ0n) is 11.9. The summed E-state index contributed by atoms with van der Waals surface area (Å²) >= 11 is 3.67. The molecule has 3 heteroatoms. The molecule has 104 valence electrons. The van der Waals surface area contributed by atoms with Crippen LogP contribution in [0.4, 0.5) is 0 Å². The van der Waals surface area contributed by atoms with Crippen LogP contribution < -0.4 is 5.32 Å². The molecular formula is C16H23BrN2. The summed E-state index contributed by atoms with van der Waals surface area (Å²) in [4.78, 5) is 2.64. The molecule has 2 aliphatic rings. The van der Waals surface area contributed by atoms with E-state index in [9.17, 15) is 0 Å². The van der Waals surface area contributed by atoms with Crippen molar-refractivity contribution in [1.29, 1.82) is 0 Å². The summed E-state index contributed by atoms with van der Waals surface area (Å²) in [5.41, 5.74) is 2.28. The van der Waals surface area contributed by atoms with Gasteiger partial charge in [-0.3, -0.25) is 4.90 Å². The maximum atomic E-state index is 3.67. The summed E-state index contributed by atoms with van der Waals surface area (Å²) < 4.78 is 1.24. The zero-order chi connectivity index (χ0) is 13.5. The summed E-state index contributed by atoms with van der Waals surface area (Å²) in [5, 5.41) is 3.63. The molecule has 2 bridgehead atoms. The molecule has 0 aromatic heterocycles. The second-order valence-electron chi connectivity index (χ2n) is 7.14. The molecule has 2 aliphatic heterocycles. The molecule has 0 amide bonds. The molecule has 19 heavy (non-hydrogen) atoms. The highest BCUT2D eigenvalue weighted by atomic mass is 79.9. The summed E-state index contributed by atoms with van der Waals surface area (Å²) in [6.07, 6.45) is 1.36. The third-order valence-corrected chi connectivity index (χ3v) is 5.29. The quantitative estimate of drug-likeness (QED) is 0.899. The van der Waals surface area contributed by atoms with Crippen LogP contribution in [0.3, 0.4) is 0 Å². The molecule has 1 N–H and O–H groups in total. The number of benzene rings is 1. The average Bonchev–Trinajstić information content (AvgIpc) is 2.29. The molecular weight excluding hydrogens is 300 g/mol. The van der Waals surface area contributed by atoms with Crippen LogP contribution in [0.25, 0.3) is 0 Å². The molecule has 3 rings (SSSR count). The predicted octanol–water partition coefficient (Wildman–Crippen LogP) is 3.27. The molecule has 2 nitrogen and oxygen atoms in total. The van der Waals surface area contributed by atoms with Gasteiger partial charge in [0.25, 0.3) is 0 Å². The fourth-order valence-electron chi connectivity index (χ4n) is 4.16. The number of fused-ring (bicyclic) bond motifs is 2. The van der Waals surface area contributed by atoms with Crippen LogP contribution in [-0.4, -0.2) is 31.1 Å². The van der Waals surface area contributed by atoms with Crippen LogP contribution in [0.1, 0.15) is 25.8 Å². The lowest BCUT2D eigenvalue weighted by Gasteiger charge is -2.54. The summed E-state index contributed by atoms with van der Waals surface area (Å²) in [6, 6.07) is 8.60. The van der Waals surface area contributed by atoms with Crippen molar-refractivity contribution in [3.63, 3.8) is 0 Å². The smallest absolute Gasteiger partial charge is 0.0245 e. The van der Waals surface area contributed by atoms with Gasteiger partial charge in [-0.15, -0.1) is 0 Å². The van der Waals surface area contributed by atoms with E-state index in [1.807, 2.05) is 0 Å². The highest BCUT2D eigenvalue weighted by Crippen LogP contribution is 2.43. The largest absolute Gasteiger partial charge is 0.316 e. The van der Waals surface area contributed by atoms with Crippen molar-refractivity contribution in [1.82, 2.24) is 10.2 Å². The Labute approximate surface area is 124 Å². The van der Waals surface area contributed by atoms with E-state index in [4.69, 9.17) is 0 Å². The molecule has 1 aromatic carbocycles. The lowest BCUT2D eigenvalue weighted by Crippen LogP contribution is -2.60. The Morgan fingerprint density at radius 1 is 1.16 bits per heavy atom. The van der Waals surface area contributed by atoms with E-state index in [1.165, 1.54) is 29.5 Å². The van der Waals surface area contributed by atoms with Crippen LogP contribution in [0.15, 0.2) is 28.7 Å². The Morgan fingerprint density at radius 3 is 2.42 bits per heavy atom. The van der Waals surface area contributed by atoms with Crippen molar-refractivity contribution in [2.45, 2.75) is 26.8 Å². The first-order valence-corrected chi connectivity index (χ1v) is 7.94. The van der Waals surface area contributed by atoms with Crippen LogP contribution in [-0.2, 0) is 6.54 Å². The molecule has 2 heterocycles. The standard InChI is InChI=1S/C16H23BrN2/c1-15-8-16(2,10-18-9-15)12-19(11-15)7-13-5-3-4-6-14(13)17/h3-6,18H,7-12H2,1-2H3/t15-,16-/m1/s1. The Kier molecular flexibility index (Phi) is 3.48. The molecule has 0 unspecified atom stereocenters. The molecule has 0 radical (unpaired) electrons. The van der Waals surface area contributed by atoms with E-state index in [-0.39, 0.29) is 0 Å². The number of piperidine rings is 2. The van der Waals surface area contributed by atoms with Crippen molar-refractivity contribution in [3.8, 4) is 0 Å². The minimum absolute atomic E-state index is 0.437. The van der Waals surface area contributed by atoms with Crippen molar-refractivity contribution in [2.75, 3.05) is 26.2 Å². The van der Waals surface area contributed by atoms with Crippen molar-refractivity contribution in [2.24, 2.45) is 10.8 Å². The van der Waals surface area contributed by atoms with Crippen LogP contribution in [0.2, 0.25) is 0 Å². The second-order valence-corrected chi connectivity index (χ2v) is 7.99. The van der Waals surface area contributed by atoms with Crippen molar-refractivity contribution in [3.05, 3.63) is 34.3 Å². The summed E-state index contributed by atoms with van der Waals surface area (Å²) in [5.74, 6) is 0. The Balaban J connectivity index is 1.77. The number of nitrogens with zero attached hydrogens (tertiary/aromatic N) is 1. The minimum atomic E-state index is 0.437. The maximum Gasteiger partial charge on any atom is 0.0245 e. The van der Waals surface area contributed by atoms with Gasteiger partial charge in [0.15, 0.2) is 0 Å². The van der Waals surface area contributed by atoms with E-state index in [0.29, 0.717) is 10.8 Å². The van der Waals surface area contributed by atoms with Crippen molar-refractivity contribution < 1.29 is 0 Å². The minimum Gasteiger partial charge on any atom is -0.316 e. The third-order valence-electron chi connectivity index (χ3n) is 4.52. The molecule has 2 atom stereocenters. The molecule has 0 spiro atoms. The van der Waals surface area contributed by atoms with Crippen LogP contribution in [0.5, 0.6) is 0 Å². The van der Waals surface area contributed by atoms with Crippen LogP contribution in [0, 0.1) is 10.8 Å². The van der Waals surface area contributed by atoms with E-state index in [0.717, 1.165) is 19.6 Å². The van der Waals surface area contributed by atoms with Gasteiger partial charge >= 0.3 is 0 Å². The zero-order valence-corrected chi connectivity index (χ0v) is 13.5. The number of hydrogen-bond acceptors (Lipinski definition) is 2. The predicted molar refractivity (Wildman–Crippen MR) is 83.1 cm³/mol. The van der Waals surface area contributed by atoms with Crippen LogP contribution >= 0.6 is 15.9 Å². The number of hydrogen-bond donors (Lipinski definition) is 1. The third kappa shape index (κ3) is 2.88. The Morgan fingerprint density at radius 2 is 1.79 bits per heavy atom. The fourth-order valence-corrected chi connectivity index (χ4v) is 4.57. The van der Waals surface area contributed by atoms with Gasteiger partial charge in [0.05, 0.1) is 0 Å². The molecule has 0 aliphatic carbocycles. The summed E-state index contributed by atoms with van der Waals surface area (Å²) in [7, 11) is 0. The van der Waals surface area contributed by atoms with Gasteiger partial charge in [0, 0.05) is 37.2 Å². The normalized spacial score (nSPS) is 35.3. The maximum absolute atomic E-state index is 3.67. The second kappa shape index (κ2) is 4.87. The monoisotopic (exact) mass is 322 g/mol. The van der Waals surface area contributed by atoms with E-state index < -0.39 is 0 Å². The average molecular weight is 323 g/mol. The van der Waals surface area contributed by atoms with Gasteiger partial charge in [-0.1, -0.05) is 48.0 Å². The van der Waals surface area contributed by atoms with E-state index in [2.05, 4.69) is 64.3 Å². The van der Waals surface area contributed by atoms with Gasteiger partial charge in [-0.25, -0.2) is 0 Å². The first kappa shape index (κ1) is 13.6. The first-order chi connectivity index (χ1) is 8.98. The fraction of sp³-hybridized carbons (Fsp3) is 0.625. The van der Waals surface area contributed by atoms with E-state index >= 15 is 0 Å². The SMILES string of the molecule is C[C@@]12CNC[C@](C)(CN(Cc3ccccc3Br)C1)C2. The van der Waals surface area contributed by atoms with Gasteiger partial charge < -0.3 is 5.32 Å². The summed E-state index contributed by atoms with van der Waals surface area (Å²) in [6.45, 7) is 10.7. The Hall–Kier alpha value is -0.380. The lowest BCUT2D eigenvalue weighted by atomic mass is 9.66. The Bertz CT molecular complexity index is 458. The lowest BCUT2D eigenvalue weighted by molar-refractivity contribution is -0.0237. The number of halogens is 1. The van der Waals surface area contributed by atoms with E-state index in [1.54, 1.807) is 0 Å². The molecule has 2 fully saturated rings. The molecule has 1 aromatic rings. The van der Waals surface area contributed by atoms with Gasteiger partial charge in [0.2, 0.25) is 0 Å². The van der Waals surface area contributed by atoms with Gasteiger partial charge in [-0.05, 0) is 28.9 Å². The molecule has 2 saturated heterocycles. The number of rotatable bonds is 2. The van der Waals surface area contributed by atoms with Crippen molar-refractivity contribution >= 4 is 15.9 Å². The highest BCUT2D eigenvalue weighted by molar-refractivity contribution is 9.10. The van der Waals surface area contributed by atoms with Gasteiger partial charge in [-0.2, -0.15) is 0 Å². The number of likely N-dealkylation sites (tertiary alicyclic amines) is 1. The highest BCUT2D eigenvalue weighted by Gasteiger charge is 2.45. The van der Waals surface area contributed by atoms with Gasteiger partial charge in [0.1, 0.15) is 0 Å².